The Morgan fingerprint density at radius 2 is 1.56 bits per heavy atom. The van der Waals surface area contributed by atoms with E-state index in [1.54, 1.807) is 28.4 Å². The Bertz CT molecular complexity index is 1340. The number of nitrogens with zero attached hydrogens (tertiary/aromatic N) is 2. The molecular weight excluding hydrogens is 563 g/mol. The molecule has 9 heteroatoms. The molecule has 1 aliphatic heterocycles. The van der Waals surface area contributed by atoms with Crippen LogP contribution in [-0.4, -0.2) is 76.4 Å². The fourth-order valence-corrected chi connectivity index (χ4v) is 5.85. The third kappa shape index (κ3) is 7.29. The molecule has 3 aromatic carbocycles. The van der Waals surface area contributed by atoms with E-state index >= 15 is 0 Å². The summed E-state index contributed by atoms with van der Waals surface area (Å²) >= 11 is 6.54. The fourth-order valence-electron chi connectivity index (χ4n) is 5.54. The van der Waals surface area contributed by atoms with E-state index in [-0.39, 0.29) is 18.4 Å². The van der Waals surface area contributed by atoms with Crippen LogP contribution in [0.15, 0.2) is 42.5 Å². The lowest BCUT2D eigenvalue weighted by Crippen LogP contribution is -2.50. The van der Waals surface area contributed by atoms with E-state index in [4.69, 9.17) is 30.5 Å². The van der Waals surface area contributed by atoms with Crippen molar-refractivity contribution >= 4 is 46.3 Å². The summed E-state index contributed by atoms with van der Waals surface area (Å²) in [5, 5.41) is 2.45. The van der Waals surface area contributed by atoms with Crippen LogP contribution < -0.4 is 18.9 Å². The van der Waals surface area contributed by atoms with Crippen LogP contribution in [0, 0.1) is 0 Å². The maximum Gasteiger partial charge on any atom is 0.203 e. The number of piperazine rings is 1. The molecule has 0 spiro atoms. The zero-order valence-corrected chi connectivity index (χ0v) is 26.1. The number of hydrogen-bond donors (Lipinski definition) is 0. The molecule has 41 heavy (non-hydrogen) atoms. The Morgan fingerprint density at radius 3 is 2.12 bits per heavy atom. The van der Waals surface area contributed by atoms with Crippen molar-refractivity contribution in [1.29, 1.82) is 0 Å². The first-order valence-corrected chi connectivity index (χ1v) is 14.1. The van der Waals surface area contributed by atoms with Crippen LogP contribution in [0.3, 0.4) is 0 Å². The van der Waals surface area contributed by atoms with E-state index in [1.807, 2.05) is 42.5 Å². The zero-order chi connectivity index (χ0) is 28.6. The summed E-state index contributed by atoms with van der Waals surface area (Å²) in [5.41, 5.74) is 2.70. The molecule has 1 fully saturated rings. The van der Waals surface area contributed by atoms with E-state index in [0.717, 1.165) is 73.9 Å². The van der Waals surface area contributed by atoms with E-state index in [9.17, 15) is 4.79 Å². The average Bonchev–Trinajstić information content (AvgIpc) is 2.99. The van der Waals surface area contributed by atoms with Gasteiger partial charge in [-0.3, -0.25) is 9.80 Å². The number of carbonyl (C=O) groups excluding carboxylic acids is 1. The van der Waals surface area contributed by atoms with Gasteiger partial charge in [0, 0.05) is 44.2 Å². The first-order chi connectivity index (χ1) is 19.5. The summed E-state index contributed by atoms with van der Waals surface area (Å²) < 4.78 is 21.9. The quantitative estimate of drug-likeness (QED) is 0.218. The SMILES string of the molecule is CCCCC(C(=C=O)c1ccc2c(Cl)c(OC)ccc2c1)N1CCN(Cc2cc(OC)c(OC)c(OC)c2)CC1.Cl. The van der Waals surface area contributed by atoms with Gasteiger partial charge in [0.25, 0.3) is 0 Å². The van der Waals surface area contributed by atoms with Crippen molar-refractivity contribution in [2.45, 2.75) is 38.8 Å². The van der Waals surface area contributed by atoms with Gasteiger partial charge in [-0.05, 0) is 47.2 Å². The Morgan fingerprint density at radius 1 is 0.902 bits per heavy atom. The number of hydrogen-bond acceptors (Lipinski definition) is 7. The van der Waals surface area contributed by atoms with Crippen molar-refractivity contribution in [3.8, 4) is 23.0 Å². The third-order valence-corrected chi connectivity index (χ3v) is 8.09. The molecule has 3 aromatic rings. The molecule has 1 unspecified atom stereocenters. The molecule has 0 N–H and O–H groups in total. The summed E-state index contributed by atoms with van der Waals surface area (Å²) in [6, 6.07) is 13.9. The number of benzene rings is 3. The van der Waals surface area contributed by atoms with Crippen molar-refractivity contribution in [1.82, 2.24) is 9.80 Å². The normalized spacial score (nSPS) is 14.6. The predicted molar refractivity (Wildman–Crippen MR) is 168 cm³/mol. The minimum Gasteiger partial charge on any atom is -0.495 e. The van der Waals surface area contributed by atoms with Gasteiger partial charge >= 0.3 is 0 Å². The summed E-state index contributed by atoms with van der Waals surface area (Å²) in [4.78, 5) is 17.3. The number of halogens is 2. The maximum absolute atomic E-state index is 12.5. The highest BCUT2D eigenvalue weighted by molar-refractivity contribution is 6.37. The fraction of sp³-hybridized carbons (Fsp3) is 0.438. The molecule has 0 saturated carbocycles. The van der Waals surface area contributed by atoms with Crippen molar-refractivity contribution in [3.63, 3.8) is 0 Å². The molecule has 4 rings (SSSR count). The van der Waals surface area contributed by atoms with Crippen molar-refractivity contribution in [2.24, 2.45) is 0 Å². The topological polar surface area (TPSA) is 60.5 Å². The number of ether oxygens (including phenoxy) is 4. The molecule has 0 bridgehead atoms. The maximum atomic E-state index is 12.5. The van der Waals surface area contributed by atoms with Gasteiger partial charge in [0.15, 0.2) is 11.5 Å². The monoisotopic (exact) mass is 602 g/mol. The summed E-state index contributed by atoms with van der Waals surface area (Å²) in [6.07, 6.45) is 3.02. The van der Waals surface area contributed by atoms with Crippen LogP contribution in [0.1, 0.15) is 37.3 Å². The van der Waals surface area contributed by atoms with Crippen molar-refractivity contribution < 1.29 is 23.7 Å². The summed E-state index contributed by atoms with van der Waals surface area (Å²) in [6.45, 7) is 6.45. The van der Waals surface area contributed by atoms with Gasteiger partial charge in [-0.25, -0.2) is 4.79 Å². The van der Waals surface area contributed by atoms with E-state index in [1.165, 1.54) is 0 Å². The minimum absolute atomic E-state index is 0. The van der Waals surface area contributed by atoms with Crippen LogP contribution in [0.5, 0.6) is 23.0 Å². The van der Waals surface area contributed by atoms with Gasteiger partial charge in [0.05, 0.1) is 39.0 Å². The van der Waals surface area contributed by atoms with Crippen LogP contribution in [0.25, 0.3) is 16.3 Å². The second kappa shape index (κ2) is 15.3. The number of fused-ring (bicyclic) bond motifs is 1. The highest BCUT2D eigenvalue weighted by Gasteiger charge is 2.28. The number of unbranched alkanes of at least 4 members (excludes halogenated alkanes) is 1. The molecule has 222 valence electrons. The average molecular weight is 604 g/mol. The minimum atomic E-state index is 0. The van der Waals surface area contributed by atoms with Gasteiger partial charge in [-0.1, -0.05) is 49.6 Å². The van der Waals surface area contributed by atoms with E-state index in [0.29, 0.717) is 33.6 Å². The molecule has 1 aliphatic rings. The molecule has 1 atom stereocenters. The molecule has 1 saturated heterocycles. The largest absolute Gasteiger partial charge is 0.495 e. The molecule has 0 radical (unpaired) electrons. The zero-order valence-electron chi connectivity index (χ0n) is 24.5. The Kier molecular flexibility index (Phi) is 12.2. The standard InChI is InChI=1S/C32H39ClN2O5.ClH/c1-6-7-8-27(26(21-36)24-9-11-25-23(19-24)10-12-28(37-2)31(25)33)35-15-13-34(14-16-35)20-22-17-29(38-3)32(40-5)30(18-22)39-4;/h9-12,17-19,27H,6-8,13-16,20H2,1-5H3;1H. The molecule has 7 nitrogen and oxygen atoms in total. The highest BCUT2D eigenvalue weighted by Crippen LogP contribution is 2.39. The van der Waals surface area contributed by atoms with Gasteiger partial charge in [0.1, 0.15) is 11.7 Å². The van der Waals surface area contributed by atoms with Gasteiger partial charge in [0.2, 0.25) is 5.75 Å². The van der Waals surface area contributed by atoms with Crippen LogP contribution >= 0.6 is 24.0 Å². The molecule has 0 aromatic heterocycles. The van der Waals surface area contributed by atoms with Crippen LogP contribution in [0.2, 0.25) is 5.02 Å². The molecule has 0 aliphatic carbocycles. The Labute approximate surface area is 254 Å². The summed E-state index contributed by atoms with van der Waals surface area (Å²) in [5.74, 6) is 4.88. The Hall–Kier alpha value is -2.93. The first-order valence-electron chi connectivity index (χ1n) is 13.7. The van der Waals surface area contributed by atoms with Crippen molar-refractivity contribution in [3.05, 3.63) is 58.6 Å². The lowest BCUT2D eigenvalue weighted by atomic mass is 9.92. The third-order valence-electron chi connectivity index (χ3n) is 7.70. The highest BCUT2D eigenvalue weighted by atomic mass is 35.5. The lowest BCUT2D eigenvalue weighted by molar-refractivity contribution is 0.106. The van der Waals surface area contributed by atoms with Gasteiger partial charge in [-0.15, -0.1) is 12.4 Å². The molecule has 0 amide bonds. The van der Waals surface area contributed by atoms with E-state index < -0.39 is 0 Å². The van der Waals surface area contributed by atoms with Gasteiger partial charge < -0.3 is 18.9 Å². The molecule has 1 heterocycles. The summed E-state index contributed by atoms with van der Waals surface area (Å²) in [7, 11) is 6.49. The first kappa shape index (κ1) is 32.6. The second-order valence-corrected chi connectivity index (χ2v) is 10.4. The second-order valence-electron chi connectivity index (χ2n) is 10.0. The Balaban J connectivity index is 0.00000462. The van der Waals surface area contributed by atoms with Crippen molar-refractivity contribution in [2.75, 3.05) is 54.6 Å². The molecular formula is C32H40Cl2N2O5. The number of methoxy groups -OCH3 is 4. The lowest BCUT2D eigenvalue weighted by Gasteiger charge is -2.39. The predicted octanol–water partition coefficient (Wildman–Crippen LogP) is 6.54. The van der Waals surface area contributed by atoms with Gasteiger partial charge in [-0.2, -0.15) is 0 Å². The van der Waals surface area contributed by atoms with Crippen LogP contribution in [0.4, 0.5) is 0 Å². The number of rotatable bonds is 12. The van der Waals surface area contributed by atoms with Crippen LogP contribution in [-0.2, 0) is 11.3 Å². The van der Waals surface area contributed by atoms with E-state index in [2.05, 4.69) is 22.7 Å². The smallest absolute Gasteiger partial charge is 0.203 e.